The lowest BCUT2D eigenvalue weighted by Gasteiger charge is -2.19. The summed E-state index contributed by atoms with van der Waals surface area (Å²) in [7, 11) is 4.03. The standard InChI is InChI=1S/C90H96N6O8/c1-7-11-15-19-51-101-73-55-69(56-74(59-73)102-52-20-16-12-8-2)87-83-47-43-79(91-83)77(41-31-63-27-37-71(38-28-63)95(5)61-65-23-33-67(34-24-65)89(97)98)81-45-49-85(93-81)88(70-57-75(103-53-21-17-13-9-3)60-76(58-70)104-54-22-18-14-10-4)86-50-46-82(94-86)78(80-44-48-84(87)92-80)42-32-64-29-39-72(40-30-64)96(6)62-66-25-35-68(36-26-66)90(99)100/h23-30,33-40,43-50,55-60,91,94H,7-22,51-54,61-62H2,1-6H3,(H,97,98)(H,99,100). The van der Waals surface area contributed by atoms with E-state index >= 15 is 0 Å². The molecule has 9 aromatic rings. The number of aromatic nitrogens is 4. The second-order valence-electron chi connectivity index (χ2n) is 26.8. The SMILES string of the molecule is CCCCCCOc1cc(OCCCCCC)cc(-c2c3nc(c(C#Cc4ccc(N(C)Cc5ccc(C(=O)O)cc5)cc4)c4ccc([nH]4)c(-c4cc(OCCCCCC)cc(OCCCCCC)c4)c4nc(c(C#Cc5ccc(N(C)Cc6ccc(C(=O)O)cc6)cc5)c5ccc2[nH]5)C=C4)C=C3)c1. The van der Waals surface area contributed by atoms with E-state index in [0.717, 1.165) is 181 Å². The lowest BCUT2D eigenvalue weighted by Crippen LogP contribution is -2.16. The number of anilines is 2. The van der Waals surface area contributed by atoms with Gasteiger partial charge >= 0.3 is 11.9 Å². The van der Waals surface area contributed by atoms with Crippen LogP contribution in [0.4, 0.5) is 11.4 Å². The van der Waals surface area contributed by atoms with Gasteiger partial charge in [-0.3, -0.25) is 0 Å². The molecule has 0 spiro atoms. The minimum Gasteiger partial charge on any atom is -0.493 e. The van der Waals surface area contributed by atoms with E-state index in [1.54, 1.807) is 24.3 Å². The van der Waals surface area contributed by atoms with Gasteiger partial charge in [0.2, 0.25) is 0 Å². The van der Waals surface area contributed by atoms with Gasteiger partial charge < -0.3 is 48.9 Å². The van der Waals surface area contributed by atoms with Crippen LogP contribution in [-0.4, -0.2) is 82.6 Å². The number of aromatic carboxylic acids is 2. The van der Waals surface area contributed by atoms with Gasteiger partial charge in [-0.05, 0) is 194 Å². The Labute approximate surface area is 612 Å². The number of hydrogen-bond acceptors (Lipinski definition) is 10. The number of carboxylic acids is 2. The number of aromatic amines is 2. The van der Waals surface area contributed by atoms with Crippen molar-refractivity contribution in [3.63, 3.8) is 0 Å². The van der Waals surface area contributed by atoms with Crippen molar-refractivity contribution in [1.29, 1.82) is 0 Å². The Morgan fingerprint density at radius 1 is 0.375 bits per heavy atom. The lowest BCUT2D eigenvalue weighted by atomic mass is 10.0. The molecule has 8 bridgehead atoms. The summed E-state index contributed by atoms with van der Waals surface area (Å²) in [6, 6.07) is 51.1. The first-order valence-electron chi connectivity index (χ1n) is 37.1. The third-order valence-corrected chi connectivity index (χ3v) is 18.7. The van der Waals surface area contributed by atoms with Gasteiger partial charge in [0.05, 0.1) is 82.5 Å². The summed E-state index contributed by atoms with van der Waals surface area (Å²) in [5.41, 5.74) is 16.6. The molecule has 2 aliphatic rings. The van der Waals surface area contributed by atoms with Gasteiger partial charge in [-0.25, -0.2) is 19.6 Å². The molecule has 14 nitrogen and oxygen atoms in total. The molecule has 6 aromatic carbocycles. The molecule has 0 atom stereocenters. The van der Waals surface area contributed by atoms with Gasteiger partial charge in [0.15, 0.2) is 0 Å². The van der Waals surface area contributed by atoms with Crippen LogP contribution in [-0.2, 0) is 13.1 Å². The van der Waals surface area contributed by atoms with Crippen LogP contribution in [0.3, 0.4) is 0 Å². The topological polar surface area (TPSA) is 175 Å². The van der Waals surface area contributed by atoms with E-state index in [9.17, 15) is 19.8 Å². The molecule has 0 fully saturated rings. The number of unbranched alkanes of at least 4 members (excludes halogenated alkanes) is 12. The summed E-state index contributed by atoms with van der Waals surface area (Å²) < 4.78 is 26.6. The summed E-state index contributed by atoms with van der Waals surface area (Å²) in [6.07, 6.45) is 25.4. The van der Waals surface area contributed by atoms with Crippen LogP contribution in [0.5, 0.6) is 23.0 Å². The molecule has 0 saturated heterocycles. The van der Waals surface area contributed by atoms with Crippen molar-refractivity contribution in [3.05, 3.63) is 225 Å². The van der Waals surface area contributed by atoms with Gasteiger partial charge in [-0.15, -0.1) is 0 Å². The zero-order valence-corrected chi connectivity index (χ0v) is 61.0. The van der Waals surface area contributed by atoms with Crippen LogP contribution in [0.2, 0.25) is 0 Å². The first-order chi connectivity index (χ1) is 50.8. The fourth-order valence-electron chi connectivity index (χ4n) is 12.8. The average molecular weight is 1390 g/mol. The van der Waals surface area contributed by atoms with Gasteiger partial charge in [-0.2, -0.15) is 0 Å². The lowest BCUT2D eigenvalue weighted by molar-refractivity contribution is 0.0686. The number of rotatable bonds is 34. The molecular weight excluding hydrogens is 1290 g/mol. The van der Waals surface area contributed by atoms with E-state index in [-0.39, 0.29) is 11.1 Å². The third-order valence-electron chi connectivity index (χ3n) is 18.7. The number of fused-ring (bicyclic) bond motifs is 8. The molecule has 5 heterocycles. The van der Waals surface area contributed by atoms with Crippen molar-refractivity contribution >= 4 is 69.7 Å². The van der Waals surface area contributed by atoms with Crippen molar-refractivity contribution in [2.75, 3.05) is 50.3 Å². The third kappa shape index (κ3) is 20.1. The number of hydrogen-bond donors (Lipinski definition) is 4. The van der Waals surface area contributed by atoms with E-state index in [1.807, 2.05) is 86.9 Å². The molecule has 11 rings (SSSR count). The van der Waals surface area contributed by atoms with E-state index in [1.165, 1.54) is 0 Å². The second kappa shape index (κ2) is 37.1. The zero-order chi connectivity index (χ0) is 72.6. The summed E-state index contributed by atoms with van der Waals surface area (Å²) in [5, 5.41) is 19.0. The molecule has 0 amide bonds. The molecule has 14 heteroatoms. The minimum absolute atomic E-state index is 0.253. The van der Waals surface area contributed by atoms with Crippen LogP contribution in [0.15, 0.2) is 158 Å². The largest absolute Gasteiger partial charge is 0.493 e. The highest BCUT2D eigenvalue weighted by atomic mass is 16.5. The Kier molecular flexibility index (Phi) is 26.4. The highest BCUT2D eigenvalue weighted by Gasteiger charge is 2.21. The Morgan fingerprint density at radius 2 is 0.692 bits per heavy atom. The van der Waals surface area contributed by atoms with E-state index < -0.39 is 11.9 Å². The van der Waals surface area contributed by atoms with Crippen LogP contribution < -0.4 is 28.7 Å². The van der Waals surface area contributed by atoms with Crippen molar-refractivity contribution in [2.24, 2.45) is 0 Å². The van der Waals surface area contributed by atoms with Crippen molar-refractivity contribution in [1.82, 2.24) is 19.9 Å². The highest BCUT2D eigenvalue weighted by Crippen LogP contribution is 2.40. The zero-order valence-electron chi connectivity index (χ0n) is 61.0. The normalized spacial score (nSPS) is 11.4. The summed E-state index contributed by atoms with van der Waals surface area (Å²) in [4.78, 5) is 46.4. The van der Waals surface area contributed by atoms with Crippen molar-refractivity contribution in [3.8, 4) is 68.9 Å². The van der Waals surface area contributed by atoms with Gasteiger partial charge in [-0.1, -0.05) is 153 Å². The average Bonchev–Trinajstić information content (AvgIpc) is 1.67. The van der Waals surface area contributed by atoms with E-state index in [4.69, 9.17) is 28.9 Å². The smallest absolute Gasteiger partial charge is 0.335 e. The number of nitrogens with zero attached hydrogens (tertiary/aromatic N) is 4. The Balaban J connectivity index is 1.11. The monoisotopic (exact) mass is 1390 g/mol. The molecule has 0 unspecified atom stereocenters. The highest BCUT2D eigenvalue weighted by molar-refractivity contribution is 5.96. The Morgan fingerprint density at radius 3 is 1.01 bits per heavy atom. The van der Waals surface area contributed by atoms with Gasteiger partial charge in [0, 0.05) is 84.0 Å². The first kappa shape index (κ1) is 74.0. The fraction of sp³-hybridized carbons (Fsp3) is 0.311. The van der Waals surface area contributed by atoms with Crippen LogP contribution in [0.1, 0.15) is 207 Å². The molecule has 4 N–H and O–H groups in total. The minimum atomic E-state index is -0.951. The van der Waals surface area contributed by atoms with Crippen LogP contribution in [0.25, 0.3) is 68.6 Å². The number of H-pyrrole nitrogens is 2. The number of carbonyl (C=O) groups is 2. The van der Waals surface area contributed by atoms with Gasteiger partial charge in [0.25, 0.3) is 0 Å². The second-order valence-corrected chi connectivity index (χ2v) is 26.8. The van der Waals surface area contributed by atoms with E-state index in [2.05, 4.69) is 156 Å². The molecule has 0 saturated carbocycles. The molecule has 0 aliphatic carbocycles. The van der Waals surface area contributed by atoms with Crippen molar-refractivity contribution < 1.29 is 38.7 Å². The maximum absolute atomic E-state index is 11.6. The summed E-state index contributed by atoms with van der Waals surface area (Å²) >= 11 is 0. The number of ether oxygens (including phenoxy) is 4. The summed E-state index contributed by atoms with van der Waals surface area (Å²) in [5.74, 6) is 15.3. The van der Waals surface area contributed by atoms with Gasteiger partial charge in [0.1, 0.15) is 23.0 Å². The maximum Gasteiger partial charge on any atom is 0.335 e. The Hall–Kier alpha value is -11.2. The number of nitrogens with one attached hydrogen (secondary N) is 2. The fourth-order valence-corrected chi connectivity index (χ4v) is 12.8. The number of benzene rings is 6. The Bertz CT molecular complexity index is 4420. The quantitative estimate of drug-likeness (QED) is 0.0222. The molecule has 104 heavy (non-hydrogen) atoms. The predicted molar refractivity (Wildman–Crippen MR) is 424 cm³/mol. The van der Waals surface area contributed by atoms with Crippen molar-refractivity contribution in [2.45, 2.75) is 144 Å². The molecule has 0 radical (unpaired) electrons. The van der Waals surface area contributed by atoms with E-state index in [0.29, 0.717) is 96.4 Å². The maximum atomic E-state index is 11.6. The molecular formula is C90H96N6O8. The molecule has 534 valence electrons. The van der Waals surface area contributed by atoms with Crippen LogP contribution >= 0.6 is 0 Å². The van der Waals surface area contributed by atoms with Crippen LogP contribution in [0, 0.1) is 23.7 Å². The summed E-state index contributed by atoms with van der Waals surface area (Å²) in [6.45, 7) is 12.3. The first-order valence-corrected chi connectivity index (χ1v) is 37.1. The molecule has 3 aromatic heterocycles. The molecule has 2 aliphatic heterocycles. The predicted octanol–water partition coefficient (Wildman–Crippen LogP) is 21.3. The number of carboxylic acid groups (broad SMARTS) is 2.